The van der Waals surface area contributed by atoms with Crippen LogP contribution in [0.3, 0.4) is 0 Å². The van der Waals surface area contributed by atoms with Crippen molar-refractivity contribution in [3.63, 3.8) is 0 Å². The molecule has 0 aliphatic heterocycles. The van der Waals surface area contributed by atoms with Crippen molar-refractivity contribution in [2.45, 2.75) is 19.4 Å². The van der Waals surface area contributed by atoms with Crippen molar-refractivity contribution in [2.24, 2.45) is 5.73 Å². The number of hydrogen-bond acceptors (Lipinski definition) is 7. The number of aromatic nitrogens is 1. The second-order valence-corrected chi connectivity index (χ2v) is 4.66. The van der Waals surface area contributed by atoms with Gasteiger partial charge in [-0.1, -0.05) is 17.3 Å². The van der Waals surface area contributed by atoms with Gasteiger partial charge < -0.3 is 19.7 Å². The summed E-state index contributed by atoms with van der Waals surface area (Å²) in [6.07, 6.45) is 1.65. The number of benzene rings is 1. The molecule has 1 aromatic heterocycles. The fraction of sp³-hybridized carbons (Fsp3) is 0.267. The van der Waals surface area contributed by atoms with Gasteiger partial charge in [-0.2, -0.15) is 0 Å². The Balaban J connectivity index is 1.99. The van der Waals surface area contributed by atoms with Crippen LogP contribution in [0.15, 0.2) is 35.0 Å². The second kappa shape index (κ2) is 6.86. The third kappa shape index (κ3) is 3.70. The lowest BCUT2D eigenvalue weighted by Crippen LogP contribution is -2.33. The Hall–Kier alpha value is -2.67. The number of esters is 2. The lowest BCUT2D eigenvalue weighted by molar-refractivity contribution is -0.142. The van der Waals surface area contributed by atoms with Crippen molar-refractivity contribution < 1.29 is 23.6 Å². The SMILES string of the molecule is COC(=O)[C@@H](N)Cc1ccc(OC(=O)c2cnoc2C)cc1. The smallest absolute Gasteiger partial charge is 0.348 e. The number of rotatable bonds is 5. The van der Waals surface area contributed by atoms with Crippen molar-refractivity contribution in [3.8, 4) is 5.75 Å². The molecule has 0 amide bonds. The Labute approximate surface area is 127 Å². The van der Waals surface area contributed by atoms with Crippen LogP contribution in [0.4, 0.5) is 0 Å². The van der Waals surface area contributed by atoms with E-state index in [4.69, 9.17) is 15.0 Å². The van der Waals surface area contributed by atoms with Crippen LogP contribution in [0, 0.1) is 6.92 Å². The molecule has 0 saturated carbocycles. The second-order valence-electron chi connectivity index (χ2n) is 4.66. The number of hydrogen-bond donors (Lipinski definition) is 1. The minimum absolute atomic E-state index is 0.275. The van der Waals surface area contributed by atoms with Crippen molar-refractivity contribution >= 4 is 11.9 Å². The average Bonchev–Trinajstić information content (AvgIpc) is 2.94. The Kier molecular flexibility index (Phi) is 4.90. The van der Waals surface area contributed by atoms with E-state index in [0.29, 0.717) is 17.9 Å². The molecule has 0 aliphatic rings. The highest BCUT2D eigenvalue weighted by Gasteiger charge is 2.16. The molecular formula is C15H16N2O5. The van der Waals surface area contributed by atoms with Crippen LogP contribution in [0.5, 0.6) is 5.75 Å². The molecule has 0 aliphatic carbocycles. The third-order valence-corrected chi connectivity index (χ3v) is 3.06. The van der Waals surface area contributed by atoms with Gasteiger partial charge in [-0.3, -0.25) is 4.79 Å². The maximum absolute atomic E-state index is 11.9. The molecule has 1 aromatic carbocycles. The zero-order valence-electron chi connectivity index (χ0n) is 12.2. The Bertz CT molecular complexity index is 663. The Morgan fingerprint density at radius 3 is 2.55 bits per heavy atom. The Morgan fingerprint density at radius 1 is 1.32 bits per heavy atom. The summed E-state index contributed by atoms with van der Waals surface area (Å²) in [5.41, 5.74) is 6.79. The van der Waals surface area contributed by atoms with Gasteiger partial charge in [0.15, 0.2) is 0 Å². The van der Waals surface area contributed by atoms with E-state index in [-0.39, 0.29) is 5.56 Å². The summed E-state index contributed by atoms with van der Waals surface area (Å²) in [5, 5.41) is 3.52. The highest BCUT2D eigenvalue weighted by molar-refractivity contribution is 5.91. The van der Waals surface area contributed by atoms with E-state index in [1.165, 1.54) is 13.3 Å². The summed E-state index contributed by atoms with van der Waals surface area (Å²) in [6, 6.07) is 5.98. The van der Waals surface area contributed by atoms with E-state index in [2.05, 4.69) is 9.89 Å². The number of carbonyl (C=O) groups excluding carboxylic acids is 2. The number of ether oxygens (including phenoxy) is 2. The topological polar surface area (TPSA) is 105 Å². The maximum Gasteiger partial charge on any atom is 0.348 e. The van der Waals surface area contributed by atoms with Crippen LogP contribution in [-0.2, 0) is 16.0 Å². The summed E-state index contributed by atoms with van der Waals surface area (Å²) >= 11 is 0. The number of nitrogens with zero attached hydrogens (tertiary/aromatic N) is 1. The first-order chi connectivity index (χ1) is 10.5. The Morgan fingerprint density at radius 2 is 2.00 bits per heavy atom. The maximum atomic E-state index is 11.9. The van der Waals surface area contributed by atoms with Gasteiger partial charge in [0.1, 0.15) is 23.1 Å². The number of nitrogens with two attached hydrogens (primary N) is 1. The molecule has 0 bridgehead atoms. The first-order valence-electron chi connectivity index (χ1n) is 6.57. The predicted octanol–water partition coefficient (Wildman–Crippen LogP) is 1.25. The van der Waals surface area contributed by atoms with Gasteiger partial charge in [0.05, 0.1) is 13.3 Å². The summed E-state index contributed by atoms with van der Waals surface area (Å²) in [4.78, 5) is 23.1. The lowest BCUT2D eigenvalue weighted by Gasteiger charge is -2.09. The van der Waals surface area contributed by atoms with Gasteiger partial charge in [0.2, 0.25) is 0 Å². The molecule has 0 fully saturated rings. The van der Waals surface area contributed by atoms with Crippen LogP contribution in [0.1, 0.15) is 21.7 Å². The monoisotopic (exact) mass is 304 g/mol. The molecule has 0 unspecified atom stereocenters. The molecule has 1 atom stereocenters. The zero-order chi connectivity index (χ0) is 16.1. The van der Waals surface area contributed by atoms with E-state index in [1.807, 2.05) is 0 Å². The van der Waals surface area contributed by atoms with Crippen LogP contribution in [0.25, 0.3) is 0 Å². The molecule has 116 valence electrons. The molecular weight excluding hydrogens is 288 g/mol. The minimum atomic E-state index is -0.724. The molecule has 7 heteroatoms. The molecule has 7 nitrogen and oxygen atoms in total. The van der Waals surface area contributed by atoms with Gasteiger partial charge in [-0.15, -0.1) is 0 Å². The van der Waals surface area contributed by atoms with Crippen molar-refractivity contribution in [1.29, 1.82) is 0 Å². The molecule has 0 saturated heterocycles. The third-order valence-electron chi connectivity index (χ3n) is 3.06. The highest BCUT2D eigenvalue weighted by Crippen LogP contribution is 2.16. The fourth-order valence-corrected chi connectivity index (χ4v) is 1.84. The predicted molar refractivity (Wildman–Crippen MR) is 76.3 cm³/mol. The number of carbonyl (C=O) groups is 2. The highest BCUT2D eigenvalue weighted by atomic mass is 16.5. The molecule has 1 heterocycles. The molecule has 22 heavy (non-hydrogen) atoms. The van der Waals surface area contributed by atoms with Crippen molar-refractivity contribution in [2.75, 3.05) is 7.11 Å². The van der Waals surface area contributed by atoms with E-state index in [0.717, 1.165) is 5.56 Å². The summed E-state index contributed by atoms with van der Waals surface area (Å²) in [6.45, 7) is 1.63. The summed E-state index contributed by atoms with van der Waals surface area (Å²) < 4.78 is 14.6. The lowest BCUT2D eigenvalue weighted by atomic mass is 10.1. The van der Waals surface area contributed by atoms with Crippen molar-refractivity contribution in [3.05, 3.63) is 47.3 Å². The quantitative estimate of drug-likeness (QED) is 0.654. The van der Waals surface area contributed by atoms with Crippen LogP contribution < -0.4 is 10.5 Å². The summed E-state index contributed by atoms with van der Waals surface area (Å²) in [7, 11) is 1.29. The van der Waals surface area contributed by atoms with Gasteiger partial charge in [-0.05, 0) is 31.0 Å². The van der Waals surface area contributed by atoms with Crippen LogP contribution >= 0.6 is 0 Å². The summed E-state index contributed by atoms with van der Waals surface area (Å²) in [5.74, 6) is -0.247. The minimum Gasteiger partial charge on any atom is -0.468 e. The first-order valence-corrected chi connectivity index (χ1v) is 6.57. The van der Waals surface area contributed by atoms with Crippen LogP contribution in [0.2, 0.25) is 0 Å². The standard InChI is InChI=1S/C15H16N2O5/c1-9-12(8-17-22-9)14(18)21-11-5-3-10(4-6-11)7-13(16)15(19)20-2/h3-6,8,13H,7,16H2,1-2H3/t13-/m0/s1. The molecule has 2 N–H and O–H groups in total. The number of aryl methyl sites for hydroxylation is 1. The van der Waals surface area contributed by atoms with E-state index >= 15 is 0 Å². The van der Waals surface area contributed by atoms with Gasteiger partial charge in [0, 0.05) is 0 Å². The van der Waals surface area contributed by atoms with Gasteiger partial charge in [0.25, 0.3) is 0 Å². The zero-order valence-corrected chi connectivity index (χ0v) is 12.2. The largest absolute Gasteiger partial charge is 0.468 e. The van der Waals surface area contributed by atoms with E-state index in [9.17, 15) is 9.59 Å². The molecule has 0 spiro atoms. The van der Waals surface area contributed by atoms with E-state index in [1.54, 1.807) is 31.2 Å². The normalized spacial score (nSPS) is 11.8. The number of methoxy groups -OCH3 is 1. The van der Waals surface area contributed by atoms with Gasteiger partial charge >= 0.3 is 11.9 Å². The van der Waals surface area contributed by atoms with Crippen molar-refractivity contribution in [1.82, 2.24) is 5.16 Å². The molecule has 2 rings (SSSR count). The molecule has 0 radical (unpaired) electrons. The van der Waals surface area contributed by atoms with E-state index < -0.39 is 18.0 Å². The van der Waals surface area contributed by atoms with Crippen LogP contribution in [-0.4, -0.2) is 30.2 Å². The average molecular weight is 304 g/mol. The fourth-order valence-electron chi connectivity index (χ4n) is 1.84. The molecule has 2 aromatic rings. The first kappa shape index (κ1) is 15.7. The van der Waals surface area contributed by atoms with Gasteiger partial charge in [-0.25, -0.2) is 4.79 Å².